The zero-order valence-electron chi connectivity index (χ0n) is 8.29. The highest BCUT2D eigenvalue weighted by atomic mass is 79.9. The van der Waals surface area contributed by atoms with Crippen molar-refractivity contribution in [2.24, 2.45) is 0 Å². The van der Waals surface area contributed by atoms with Crippen molar-refractivity contribution in [1.82, 2.24) is 0 Å². The normalized spacial score (nSPS) is 25.1. The summed E-state index contributed by atoms with van der Waals surface area (Å²) < 4.78 is 0. The van der Waals surface area contributed by atoms with Gasteiger partial charge in [-0.15, -0.1) is 0 Å². The molecular formula is C13H12BrCl. The zero-order valence-corrected chi connectivity index (χ0v) is 10.6. The van der Waals surface area contributed by atoms with Crippen LogP contribution in [0.15, 0.2) is 53.6 Å². The van der Waals surface area contributed by atoms with Crippen LogP contribution in [0.3, 0.4) is 0 Å². The lowest BCUT2D eigenvalue weighted by atomic mass is 9.79. The Labute approximate surface area is 104 Å². The van der Waals surface area contributed by atoms with Gasteiger partial charge in [0.15, 0.2) is 0 Å². The van der Waals surface area contributed by atoms with Gasteiger partial charge in [0.05, 0.1) is 5.41 Å². The molecule has 1 aliphatic carbocycles. The Morgan fingerprint density at radius 2 is 2.00 bits per heavy atom. The molecule has 0 saturated carbocycles. The topological polar surface area (TPSA) is 0 Å². The van der Waals surface area contributed by atoms with Crippen molar-refractivity contribution in [1.29, 1.82) is 0 Å². The number of hydrogen-bond donors (Lipinski definition) is 0. The van der Waals surface area contributed by atoms with Gasteiger partial charge in [0.1, 0.15) is 0 Å². The van der Waals surface area contributed by atoms with Crippen LogP contribution in [0.2, 0.25) is 0 Å². The van der Waals surface area contributed by atoms with Crippen LogP contribution in [0.1, 0.15) is 12.0 Å². The summed E-state index contributed by atoms with van der Waals surface area (Å²) in [7, 11) is 0. The van der Waals surface area contributed by atoms with Crippen molar-refractivity contribution in [3.63, 3.8) is 0 Å². The first-order valence-corrected chi connectivity index (χ1v) is 6.45. The Balaban J connectivity index is 2.50. The van der Waals surface area contributed by atoms with E-state index in [1.54, 1.807) is 0 Å². The second-order valence-electron chi connectivity index (χ2n) is 3.66. The summed E-state index contributed by atoms with van der Waals surface area (Å²) in [6, 6.07) is 10.4. The van der Waals surface area contributed by atoms with E-state index in [2.05, 4.69) is 46.3 Å². The molecular weight excluding hydrogens is 272 g/mol. The van der Waals surface area contributed by atoms with Gasteiger partial charge in [-0.2, -0.15) is 0 Å². The summed E-state index contributed by atoms with van der Waals surface area (Å²) in [6.45, 7) is 0. The lowest BCUT2D eigenvalue weighted by Crippen LogP contribution is -2.27. The van der Waals surface area contributed by atoms with Crippen molar-refractivity contribution in [2.45, 2.75) is 11.8 Å². The van der Waals surface area contributed by atoms with Crippen LogP contribution in [0.25, 0.3) is 0 Å². The molecule has 2 rings (SSSR count). The van der Waals surface area contributed by atoms with Crippen LogP contribution >= 0.6 is 27.5 Å². The molecule has 0 heterocycles. The maximum atomic E-state index is 6.35. The first-order valence-electron chi connectivity index (χ1n) is 4.95. The Bertz CT molecular complexity index is 394. The second kappa shape index (κ2) is 4.54. The van der Waals surface area contributed by atoms with Gasteiger partial charge in [0.2, 0.25) is 0 Å². The third-order valence-electron chi connectivity index (χ3n) is 2.76. The molecule has 1 aliphatic rings. The highest BCUT2D eigenvalue weighted by Crippen LogP contribution is 2.40. The summed E-state index contributed by atoms with van der Waals surface area (Å²) in [6.07, 6.45) is 7.37. The lowest BCUT2D eigenvalue weighted by Gasteiger charge is -2.31. The summed E-state index contributed by atoms with van der Waals surface area (Å²) in [5.41, 5.74) is 1.07. The van der Waals surface area contributed by atoms with Crippen LogP contribution < -0.4 is 0 Å². The van der Waals surface area contributed by atoms with Crippen molar-refractivity contribution < 1.29 is 0 Å². The lowest BCUT2D eigenvalue weighted by molar-refractivity contribution is 0.744. The molecule has 0 saturated heterocycles. The number of benzene rings is 1. The largest absolute Gasteiger partial charge is 0.0911 e. The van der Waals surface area contributed by atoms with Gasteiger partial charge >= 0.3 is 0 Å². The van der Waals surface area contributed by atoms with Gasteiger partial charge in [-0.25, -0.2) is 0 Å². The fraction of sp³-hybridized carbons (Fsp3) is 0.231. The van der Waals surface area contributed by atoms with E-state index in [1.165, 1.54) is 5.56 Å². The van der Waals surface area contributed by atoms with Gasteiger partial charge in [-0.1, -0.05) is 76.1 Å². The van der Waals surface area contributed by atoms with Crippen molar-refractivity contribution >= 4 is 27.5 Å². The van der Waals surface area contributed by atoms with Gasteiger partial charge in [-0.05, 0) is 12.0 Å². The summed E-state index contributed by atoms with van der Waals surface area (Å²) >= 11 is 9.92. The molecule has 0 bridgehead atoms. The minimum atomic E-state index is -0.166. The molecule has 0 fully saturated rings. The molecule has 0 spiro atoms. The second-order valence-corrected chi connectivity index (χ2v) is 4.63. The molecule has 0 aliphatic heterocycles. The average molecular weight is 284 g/mol. The Hall–Kier alpha value is -0.530. The number of hydrogen-bond acceptors (Lipinski definition) is 0. The Morgan fingerprint density at radius 1 is 1.27 bits per heavy atom. The van der Waals surface area contributed by atoms with Crippen LogP contribution in [0, 0.1) is 0 Å². The van der Waals surface area contributed by atoms with Crippen LogP contribution in [0.4, 0.5) is 0 Å². The van der Waals surface area contributed by atoms with E-state index in [4.69, 9.17) is 11.6 Å². The average Bonchev–Trinajstić information content (AvgIpc) is 2.31. The molecule has 15 heavy (non-hydrogen) atoms. The first-order chi connectivity index (χ1) is 7.29. The smallest absolute Gasteiger partial charge is 0.0583 e. The standard InChI is InChI=1S/C13H12BrCl/c14-10-13(9-5-4-8-12(13)15)11-6-2-1-3-7-11/h1-3,5-9H,4,10H2. The van der Waals surface area contributed by atoms with E-state index in [-0.39, 0.29) is 5.41 Å². The number of rotatable bonds is 2. The zero-order chi connectivity index (χ0) is 10.7. The van der Waals surface area contributed by atoms with Gasteiger partial charge < -0.3 is 0 Å². The molecule has 0 radical (unpaired) electrons. The van der Waals surface area contributed by atoms with Gasteiger partial charge in [-0.3, -0.25) is 0 Å². The van der Waals surface area contributed by atoms with E-state index in [1.807, 2.05) is 18.2 Å². The first kappa shape index (κ1) is 11.0. The number of halogens is 2. The molecule has 1 aromatic rings. The molecule has 0 aromatic heterocycles. The summed E-state index contributed by atoms with van der Waals surface area (Å²) in [5, 5.41) is 1.73. The van der Waals surface area contributed by atoms with Gasteiger partial charge in [0.25, 0.3) is 0 Å². The monoisotopic (exact) mass is 282 g/mol. The van der Waals surface area contributed by atoms with E-state index >= 15 is 0 Å². The predicted octanol–water partition coefficient (Wildman–Crippen LogP) is 4.40. The molecule has 0 N–H and O–H groups in total. The minimum absolute atomic E-state index is 0.166. The Morgan fingerprint density at radius 3 is 2.60 bits per heavy atom. The third-order valence-corrected chi connectivity index (χ3v) is 4.14. The minimum Gasteiger partial charge on any atom is -0.0911 e. The predicted molar refractivity (Wildman–Crippen MR) is 69.6 cm³/mol. The number of alkyl halides is 1. The summed E-state index contributed by atoms with van der Waals surface area (Å²) in [5.74, 6) is 0. The van der Waals surface area contributed by atoms with E-state index < -0.39 is 0 Å². The van der Waals surface area contributed by atoms with Crippen molar-refractivity contribution in [3.05, 3.63) is 59.2 Å². The summed E-state index contributed by atoms with van der Waals surface area (Å²) in [4.78, 5) is 0. The van der Waals surface area contributed by atoms with Crippen LogP contribution in [-0.4, -0.2) is 5.33 Å². The highest BCUT2D eigenvalue weighted by Gasteiger charge is 2.32. The van der Waals surface area contributed by atoms with Crippen molar-refractivity contribution in [2.75, 3.05) is 5.33 Å². The molecule has 1 atom stereocenters. The Kier molecular flexibility index (Phi) is 3.32. The molecule has 1 unspecified atom stereocenters. The van der Waals surface area contributed by atoms with E-state index in [0.29, 0.717) is 0 Å². The van der Waals surface area contributed by atoms with E-state index in [9.17, 15) is 0 Å². The highest BCUT2D eigenvalue weighted by molar-refractivity contribution is 9.09. The SMILES string of the molecule is ClC1=CCC=CC1(CBr)c1ccccc1. The molecule has 0 amide bonds. The maximum Gasteiger partial charge on any atom is 0.0583 e. The maximum absolute atomic E-state index is 6.35. The quantitative estimate of drug-likeness (QED) is 0.557. The molecule has 78 valence electrons. The van der Waals surface area contributed by atoms with E-state index in [0.717, 1.165) is 16.8 Å². The fourth-order valence-corrected chi connectivity index (χ4v) is 3.16. The van der Waals surface area contributed by atoms with Crippen LogP contribution in [0.5, 0.6) is 0 Å². The molecule has 2 heteroatoms. The van der Waals surface area contributed by atoms with Gasteiger partial charge in [0, 0.05) is 10.4 Å². The number of allylic oxidation sites excluding steroid dienone is 4. The third kappa shape index (κ3) is 1.91. The molecule has 1 aromatic carbocycles. The molecule has 0 nitrogen and oxygen atoms in total. The van der Waals surface area contributed by atoms with Crippen molar-refractivity contribution in [3.8, 4) is 0 Å². The van der Waals surface area contributed by atoms with Crippen LogP contribution in [-0.2, 0) is 5.41 Å². The fourth-order valence-electron chi connectivity index (χ4n) is 1.86.